The number of carbonyl (C=O) groups excluding carboxylic acids is 2. The standard InChI is InChI=1S/C16H14O3/c1-9-8-12-13(16(2,3)19-9)15(18)11-7-5-4-6-10(11)14(12)17/h4-8H,1-3H3. The highest BCUT2D eigenvalue weighted by Gasteiger charge is 2.42. The molecule has 19 heavy (non-hydrogen) atoms. The van der Waals surface area contributed by atoms with E-state index in [-0.39, 0.29) is 11.6 Å². The number of hydrogen-bond acceptors (Lipinski definition) is 3. The van der Waals surface area contributed by atoms with Crippen LogP contribution in [0, 0.1) is 0 Å². The van der Waals surface area contributed by atoms with Crippen LogP contribution < -0.4 is 0 Å². The van der Waals surface area contributed by atoms with Gasteiger partial charge in [0.1, 0.15) is 5.60 Å². The van der Waals surface area contributed by atoms with E-state index < -0.39 is 5.60 Å². The van der Waals surface area contributed by atoms with E-state index in [1.54, 1.807) is 37.3 Å². The Morgan fingerprint density at radius 3 is 2.21 bits per heavy atom. The normalized spacial score (nSPS) is 20.5. The van der Waals surface area contributed by atoms with Crippen molar-refractivity contribution in [2.75, 3.05) is 0 Å². The van der Waals surface area contributed by atoms with Crippen molar-refractivity contribution in [1.29, 1.82) is 0 Å². The van der Waals surface area contributed by atoms with Gasteiger partial charge in [-0.15, -0.1) is 0 Å². The number of rotatable bonds is 0. The van der Waals surface area contributed by atoms with Crippen LogP contribution in [-0.4, -0.2) is 17.2 Å². The zero-order valence-corrected chi connectivity index (χ0v) is 11.1. The van der Waals surface area contributed by atoms with Crippen molar-refractivity contribution >= 4 is 11.6 Å². The third kappa shape index (κ3) is 1.58. The van der Waals surface area contributed by atoms with E-state index in [4.69, 9.17) is 4.74 Å². The molecule has 0 spiro atoms. The molecular weight excluding hydrogens is 240 g/mol. The summed E-state index contributed by atoms with van der Waals surface area (Å²) in [7, 11) is 0. The van der Waals surface area contributed by atoms with Crippen LogP contribution in [0.4, 0.5) is 0 Å². The Labute approximate surface area is 111 Å². The van der Waals surface area contributed by atoms with Gasteiger partial charge in [-0.1, -0.05) is 24.3 Å². The van der Waals surface area contributed by atoms with Gasteiger partial charge in [0, 0.05) is 16.7 Å². The maximum atomic E-state index is 12.6. The number of fused-ring (bicyclic) bond motifs is 1. The molecule has 0 saturated heterocycles. The largest absolute Gasteiger partial charge is 0.488 e. The molecule has 0 N–H and O–H groups in total. The Balaban J connectivity index is 2.31. The summed E-state index contributed by atoms with van der Waals surface area (Å²) in [6, 6.07) is 6.94. The average Bonchev–Trinajstić information content (AvgIpc) is 2.34. The molecule has 3 heteroatoms. The highest BCUT2D eigenvalue weighted by Crippen LogP contribution is 2.39. The van der Waals surface area contributed by atoms with Crippen molar-refractivity contribution in [3.63, 3.8) is 0 Å². The van der Waals surface area contributed by atoms with E-state index in [2.05, 4.69) is 0 Å². The van der Waals surface area contributed by atoms with E-state index >= 15 is 0 Å². The van der Waals surface area contributed by atoms with Crippen LogP contribution in [0.25, 0.3) is 0 Å². The van der Waals surface area contributed by atoms with Gasteiger partial charge in [0.25, 0.3) is 0 Å². The van der Waals surface area contributed by atoms with Gasteiger partial charge < -0.3 is 4.74 Å². The molecule has 0 bridgehead atoms. The number of carbonyl (C=O) groups is 2. The number of benzene rings is 1. The molecular formula is C16H14O3. The third-order valence-electron chi connectivity index (χ3n) is 3.52. The summed E-state index contributed by atoms with van der Waals surface area (Å²) >= 11 is 0. The van der Waals surface area contributed by atoms with E-state index in [1.165, 1.54) is 0 Å². The Hall–Kier alpha value is -2.16. The van der Waals surface area contributed by atoms with Gasteiger partial charge in [-0.2, -0.15) is 0 Å². The molecule has 0 amide bonds. The molecule has 3 rings (SSSR count). The van der Waals surface area contributed by atoms with Crippen molar-refractivity contribution in [3.8, 4) is 0 Å². The van der Waals surface area contributed by atoms with E-state index in [1.807, 2.05) is 13.8 Å². The first-order valence-electron chi connectivity index (χ1n) is 6.22. The summed E-state index contributed by atoms with van der Waals surface area (Å²) in [6.45, 7) is 5.43. The third-order valence-corrected chi connectivity index (χ3v) is 3.52. The Morgan fingerprint density at radius 2 is 1.58 bits per heavy atom. The quantitative estimate of drug-likeness (QED) is 0.714. The summed E-state index contributed by atoms with van der Waals surface area (Å²) in [4.78, 5) is 25.1. The first kappa shape index (κ1) is 11.9. The second-order valence-electron chi connectivity index (χ2n) is 5.36. The molecule has 96 valence electrons. The summed E-state index contributed by atoms with van der Waals surface area (Å²) in [5.74, 6) is 0.448. The minimum atomic E-state index is -0.769. The fourth-order valence-corrected chi connectivity index (χ4v) is 2.82. The minimum Gasteiger partial charge on any atom is -0.488 e. The zero-order valence-electron chi connectivity index (χ0n) is 11.1. The van der Waals surface area contributed by atoms with E-state index in [0.29, 0.717) is 28.0 Å². The molecule has 0 radical (unpaired) electrons. The topological polar surface area (TPSA) is 43.4 Å². The second kappa shape index (κ2) is 3.67. The lowest BCUT2D eigenvalue weighted by Crippen LogP contribution is -2.38. The Kier molecular flexibility index (Phi) is 2.30. The molecule has 0 unspecified atom stereocenters. The van der Waals surface area contributed by atoms with Crippen molar-refractivity contribution in [3.05, 3.63) is 58.4 Å². The number of ketones is 2. The van der Waals surface area contributed by atoms with Crippen LogP contribution >= 0.6 is 0 Å². The van der Waals surface area contributed by atoms with Crippen molar-refractivity contribution < 1.29 is 14.3 Å². The van der Waals surface area contributed by atoms with Gasteiger partial charge >= 0.3 is 0 Å². The monoisotopic (exact) mass is 254 g/mol. The lowest BCUT2D eigenvalue weighted by atomic mass is 9.76. The predicted molar refractivity (Wildman–Crippen MR) is 71.1 cm³/mol. The minimum absolute atomic E-state index is 0.0964. The second-order valence-corrected chi connectivity index (χ2v) is 5.36. The lowest BCUT2D eigenvalue weighted by Gasteiger charge is -2.36. The van der Waals surface area contributed by atoms with Crippen LogP contribution in [0.5, 0.6) is 0 Å². The molecule has 1 heterocycles. The Bertz CT molecular complexity index is 675. The number of hydrogen-bond donors (Lipinski definition) is 0. The van der Waals surface area contributed by atoms with E-state index in [0.717, 1.165) is 0 Å². The zero-order chi connectivity index (χ0) is 13.8. The maximum Gasteiger partial charge on any atom is 0.194 e. The van der Waals surface area contributed by atoms with Crippen molar-refractivity contribution in [1.82, 2.24) is 0 Å². The summed E-state index contributed by atoms with van der Waals surface area (Å²) < 4.78 is 5.71. The molecule has 0 aromatic heterocycles. The smallest absolute Gasteiger partial charge is 0.194 e. The Morgan fingerprint density at radius 1 is 1.00 bits per heavy atom. The maximum absolute atomic E-state index is 12.6. The van der Waals surface area contributed by atoms with Crippen LogP contribution in [0.2, 0.25) is 0 Å². The van der Waals surface area contributed by atoms with E-state index in [9.17, 15) is 9.59 Å². The number of allylic oxidation sites excluding steroid dienone is 3. The van der Waals surface area contributed by atoms with Gasteiger partial charge in [0.05, 0.1) is 11.3 Å². The van der Waals surface area contributed by atoms with Crippen molar-refractivity contribution in [2.24, 2.45) is 0 Å². The number of Topliss-reactive ketones (excluding diaryl/α,β-unsaturated/α-hetero) is 2. The summed E-state index contributed by atoms with van der Waals surface area (Å²) in [6.07, 6.45) is 1.66. The van der Waals surface area contributed by atoms with Gasteiger partial charge in [-0.05, 0) is 26.8 Å². The summed E-state index contributed by atoms with van der Waals surface area (Å²) in [5, 5.41) is 0. The highest BCUT2D eigenvalue weighted by atomic mass is 16.5. The average molecular weight is 254 g/mol. The van der Waals surface area contributed by atoms with Crippen LogP contribution in [0.1, 0.15) is 41.5 Å². The SMILES string of the molecule is CC1=CC2=C(C(=O)c3ccccc3C2=O)C(C)(C)O1. The molecule has 1 aliphatic carbocycles. The summed E-state index contributed by atoms with van der Waals surface area (Å²) in [5.41, 5.74) is 1.11. The van der Waals surface area contributed by atoms with Crippen LogP contribution in [0.15, 0.2) is 47.2 Å². The molecule has 1 aliphatic heterocycles. The fraction of sp³-hybridized carbons (Fsp3) is 0.250. The molecule has 2 aliphatic rings. The van der Waals surface area contributed by atoms with Gasteiger partial charge in [0.15, 0.2) is 11.6 Å². The fourth-order valence-electron chi connectivity index (χ4n) is 2.82. The molecule has 1 aromatic carbocycles. The highest BCUT2D eigenvalue weighted by molar-refractivity contribution is 6.28. The molecule has 0 atom stereocenters. The molecule has 0 fully saturated rings. The first-order chi connectivity index (χ1) is 8.92. The van der Waals surface area contributed by atoms with Crippen LogP contribution in [-0.2, 0) is 4.74 Å². The molecule has 1 aromatic rings. The number of ether oxygens (including phenoxy) is 1. The predicted octanol–water partition coefficient (Wildman–Crippen LogP) is 3.07. The van der Waals surface area contributed by atoms with Gasteiger partial charge in [-0.25, -0.2) is 0 Å². The molecule has 3 nitrogen and oxygen atoms in total. The first-order valence-corrected chi connectivity index (χ1v) is 6.22. The van der Waals surface area contributed by atoms with Gasteiger partial charge in [-0.3, -0.25) is 9.59 Å². The molecule has 0 saturated carbocycles. The van der Waals surface area contributed by atoms with Gasteiger partial charge in [0.2, 0.25) is 0 Å². The lowest BCUT2D eigenvalue weighted by molar-refractivity contribution is 0.0547. The van der Waals surface area contributed by atoms with Crippen LogP contribution in [0.3, 0.4) is 0 Å². The van der Waals surface area contributed by atoms with Crippen molar-refractivity contribution in [2.45, 2.75) is 26.4 Å².